The zero-order valence-corrected chi connectivity index (χ0v) is 11.1. The van der Waals surface area contributed by atoms with E-state index in [1.165, 1.54) is 12.8 Å². The molecule has 0 unspecified atom stereocenters. The summed E-state index contributed by atoms with van der Waals surface area (Å²) < 4.78 is 5.94. The van der Waals surface area contributed by atoms with E-state index in [9.17, 15) is 0 Å². The third kappa shape index (κ3) is 1.53. The van der Waals surface area contributed by atoms with Crippen LogP contribution in [0.3, 0.4) is 0 Å². The fourth-order valence-corrected chi connectivity index (χ4v) is 3.12. The average molecular weight is 276 g/mol. The van der Waals surface area contributed by atoms with E-state index in [-0.39, 0.29) is 0 Å². The maximum absolute atomic E-state index is 6.28. The molecule has 1 aromatic carbocycles. The van der Waals surface area contributed by atoms with E-state index in [2.05, 4.69) is 16.0 Å². The van der Waals surface area contributed by atoms with Crippen LogP contribution in [0.5, 0.6) is 0 Å². The van der Waals surface area contributed by atoms with Crippen LogP contribution in [0.2, 0.25) is 5.02 Å². The van der Waals surface area contributed by atoms with Crippen molar-refractivity contribution >= 4 is 45.2 Å². The number of fused-ring (bicyclic) bond motifs is 3. The number of halogens is 1. The Kier molecular flexibility index (Phi) is 2.23. The number of hydrogen-bond acceptors (Lipinski definition) is 3. The number of anilines is 2. The first-order valence-electron chi connectivity index (χ1n) is 6.48. The number of H-pyrrole nitrogens is 1. The Morgan fingerprint density at radius 3 is 2.84 bits per heavy atom. The first-order chi connectivity index (χ1) is 9.24. The van der Waals surface area contributed by atoms with E-state index in [1.807, 2.05) is 12.1 Å². The fourth-order valence-electron chi connectivity index (χ4n) is 2.87. The van der Waals surface area contributed by atoms with Gasteiger partial charge in [0.05, 0.1) is 5.02 Å². The Labute approximate surface area is 115 Å². The summed E-state index contributed by atoms with van der Waals surface area (Å²) in [6, 6.07) is 5.99. The second-order valence-electron chi connectivity index (χ2n) is 5.03. The zero-order valence-electron chi connectivity index (χ0n) is 10.4. The smallest absolute Gasteiger partial charge is 0.196 e. The number of nitrogen functional groups attached to an aromatic ring is 1. The van der Waals surface area contributed by atoms with Gasteiger partial charge in [0.15, 0.2) is 5.88 Å². The number of furan rings is 1. The first-order valence-corrected chi connectivity index (χ1v) is 6.86. The molecule has 0 atom stereocenters. The largest absolute Gasteiger partial charge is 0.441 e. The number of nitrogens with one attached hydrogen (secondary N) is 1. The first kappa shape index (κ1) is 11.1. The van der Waals surface area contributed by atoms with Crippen LogP contribution in [-0.2, 0) is 0 Å². The van der Waals surface area contributed by atoms with Crippen LogP contribution in [0.1, 0.15) is 12.8 Å². The molecule has 1 aliphatic rings. The van der Waals surface area contributed by atoms with Gasteiger partial charge in [0, 0.05) is 35.4 Å². The summed E-state index contributed by atoms with van der Waals surface area (Å²) in [5, 5.41) is 2.55. The Morgan fingerprint density at radius 2 is 2.05 bits per heavy atom. The number of hydrogen-bond donors (Lipinski definition) is 2. The van der Waals surface area contributed by atoms with E-state index in [0.29, 0.717) is 10.8 Å². The Balaban J connectivity index is 1.99. The maximum atomic E-state index is 6.28. The summed E-state index contributed by atoms with van der Waals surface area (Å²) in [5.41, 5.74) is 7.65. The molecule has 5 heteroatoms. The molecule has 0 aliphatic carbocycles. The molecule has 19 heavy (non-hydrogen) atoms. The van der Waals surface area contributed by atoms with Crippen LogP contribution in [0.15, 0.2) is 22.6 Å². The minimum atomic E-state index is 0.507. The van der Waals surface area contributed by atoms with Crippen molar-refractivity contribution in [1.29, 1.82) is 0 Å². The van der Waals surface area contributed by atoms with Gasteiger partial charge in [-0.1, -0.05) is 11.6 Å². The Hall–Kier alpha value is -1.81. The molecular weight excluding hydrogens is 262 g/mol. The molecule has 1 aliphatic heterocycles. The van der Waals surface area contributed by atoms with Crippen LogP contribution in [-0.4, -0.2) is 18.1 Å². The highest BCUT2D eigenvalue weighted by atomic mass is 35.5. The van der Waals surface area contributed by atoms with E-state index in [4.69, 9.17) is 21.8 Å². The van der Waals surface area contributed by atoms with Gasteiger partial charge in [0.25, 0.3) is 0 Å². The molecule has 2 aromatic heterocycles. The van der Waals surface area contributed by atoms with Gasteiger partial charge in [0.2, 0.25) is 0 Å². The molecule has 0 amide bonds. The van der Waals surface area contributed by atoms with Gasteiger partial charge < -0.3 is 20.0 Å². The lowest BCUT2D eigenvalue weighted by molar-refractivity contribution is 0.599. The summed E-state index contributed by atoms with van der Waals surface area (Å²) >= 11 is 6.28. The minimum absolute atomic E-state index is 0.507. The van der Waals surface area contributed by atoms with Crippen molar-refractivity contribution in [2.45, 2.75) is 12.8 Å². The van der Waals surface area contributed by atoms with Gasteiger partial charge in [-0.25, -0.2) is 0 Å². The van der Waals surface area contributed by atoms with E-state index in [0.717, 1.165) is 40.8 Å². The molecule has 4 nitrogen and oxygen atoms in total. The molecule has 4 rings (SSSR count). The molecule has 0 saturated carbocycles. The fraction of sp³-hybridized carbons (Fsp3) is 0.286. The van der Waals surface area contributed by atoms with Crippen LogP contribution in [0.25, 0.3) is 21.9 Å². The van der Waals surface area contributed by atoms with Gasteiger partial charge >= 0.3 is 0 Å². The summed E-state index contributed by atoms with van der Waals surface area (Å²) in [5.74, 6) is 1.43. The highest BCUT2D eigenvalue weighted by molar-refractivity contribution is 6.40. The van der Waals surface area contributed by atoms with Gasteiger partial charge in [0.1, 0.15) is 11.4 Å². The molecule has 3 heterocycles. The van der Waals surface area contributed by atoms with E-state index < -0.39 is 0 Å². The average Bonchev–Trinajstić information content (AvgIpc) is 3.09. The van der Waals surface area contributed by atoms with Crippen molar-refractivity contribution < 1.29 is 4.42 Å². The Morgan fingerprint density at radius 1 is 1.26 bits per heavy atom. The zero-order chi connectivity index (χ0) is 13.0. The van der Waals surface area contributed by atoms with Gasteiger partial charge in [-0.3, -0.25) is 0 Å². The predicted molar refractivity (Wildman–Crippen MR) is 78.9 cm³/mol. The minimum Gasteiger partial charge on any atom is -0.441 e. The van der Waals surface area contributed by atoms with Crippen molar-refractivity contribution in [3.8, 4) is 0 Å². The van der Waals surface area contributed by atoms with Gasteiger partial charge in [-0.2, -0.15) is 0 Å². The second-order valence-corrected chi connectivity index (χ2v) is 5.41. The lowest BCUT2D eigenvalue weighted by Crippen LogP contribution is -2.16. The summed E-state index contributed by atoms with van der Waals surface area (Å²) in [4.78, 5) is 5.36. The number of nitrogens with zero attached hydrogens (tertiary/aromatic N) is 1. The predicted octanol–water partition coefficient (Wildman–Crippen LogP) is 3.75. The molecule has 0 bridgehead atoms. The summed E-state index contributed by atoms with van der Waals surface area (Å²) in [6.45, 7) is 2.12. The van der Waals surface area contributed by atoms with Crippen molar-refractivity contribution in [2.24, 2.45) is 0 Å². The molecule has 0 radical (unpaired) electrons. The van der Waals surface area contributed by atoms with Gasteiger partial charge in [-0.05, 0) is 25.0 Å². The molecule has 0 spiro atoms. The second kappa shape index (κ2) is 3.84. The quantitative estimate of drug-likeness (QED) is 0.711. The molecular formula is C14H14ClN3O. The number of aromatic amines is 1. The SMILES string of the molecule is Nc1[nH]c2ccc3oc(N4CCCC4)cc3c2c1Cl. The van der Waals surface area contributed by atoms with E-state index in [1.54, 1.807) is 0 Å². The molecule has 98 valence electrons. The summed E-state index contributed by atoms with van der Waals surface area (Å²) in [7, 11) is 0. The highest BCUT2D eigenvalue weighted by Crippen LogP contribution is 2.38. The molecule has 1 saturated heterocycles. The molecule has 3 aromatic rings. The third-order valence-electron chi connectivity index (χ3n) is 3.83. The maximum Gasteiger partial charge on any atom is 0.196 e. The van der Waals surface area contributed by atoms with Crippen LogP contribution < -0.4 is 10.6 Å². The lowest BCUT2D eigenvalue weighted by Gasteiger charge is -2.12. The number of nitrogens with two attached hydrogens (primary N) is 1. The standard InChI is InChI=1S/C14H14ClN3O/c15-13-12-8-7-11(18-5-1-2-6-18)19-10(8)4-3-9(12)17-14(13)16/h3-4,7,17H,1-2,5-6,16H2. The monoisotopic (exact) mass is 275 g/mol. The van der Waals surface area contributed by atoms with Gasteiger partial charge in [-0.15, -0.1) is 0 Å². The van der Waals surface area contributed by atoms with Crippen molar-refractivity contribution in [3.05, 3.63) is 23.2 Å². The van der Waals surface area contributed by atoms with Crippen molar-refractivity contribution in [1.82, 2.24) is 4.98 Å². The molecule has 3 N–H and O–H groups in total. The number of benzene rings is 1. The van der Waals surface area contributed by atoms with Crippen LogP contribution >= 0.6 is 11.6 Å². The highest BCUT2D eigenvalue weighted by Gasteiger charge is 2.19. The van der Waals surface area contributed by atoms with Crippen LogP contribution in [0.4, 0.5) is 11.7 Å². The Bertz CT molecular complexity index is 768. The summed E-state index contributed by atoms with van der Waals surface area (Å²) in [6.07, 6.45) is 2.45. The normalized spacial score (nSPS) is 15.9. The van der Waals surface area contributed by atoms with Crippen molar-refractivity contribution in [2.75, 3.05) is 23.7 Å². The number of rotatable bonds is 1. The number of aromatic nitrogens is 1. The molecule has 1 fully saturated rings. The third-order valence-corrected chi connectivity index (χ3v) is 4.22. The lowest BCUT2D eigenvalue weighted by atomic mass is 10.2. The van der Waals surface area contributed by atoms with Crippen molar-refractivity contribution in [3.63, 3.8) is 0 Å². The van der Waals surface area contributed by atoms with Crippen LogP contribution in [0, 0.1) is 0 Å². The topological polar surface area (TPSA) is 58.2 Å². The van der Waals surface area contributed by atoms with E-state index >= 15 is 0 Å².